The van der Waals surface area contributed by atoms with Gasteiger partial charge in [0, 0.05) is 11.1 Å². The van der Waals surface area contributed by atoms with Crippen LogP contribution in [0.25, 0.3) is 0 Å². The lowest BCUT2D eigenvalue weighted by atomic mass is 10.1. The molecule has 0 saturated heterocycles. The van der Waals surface area contributed by atoms with E-state index in [1.54, 1.807) is 19.1 Å². The minimum absolute atomic E-state index is 0.201. The van der Waals surface area contributed by atoms with Gasteiger partial charge in [-0.2, -0.15) is 0 Å². The third-order valence-corrected chi connectivity index (χ3v) is 4.34. The van der Waals surface area contributed by atoms with Crippen LogP contribution in [0.3, 0.4) is 0 Å². The third kappa shape index (κ3) is 5.01. The van der Waals surface area contributed by atoms with E-state index < -0.39 is 23.9 Å². The van der Waals surface area contributed by atoms with Crippen molar-refractivity contribution in [3.8, 4) is 5.75 Å². The summed E-state index contributed by atoms with van der Waals surface area (Å²) in [5.41, 5.74) is 1.68. The second-order valence-electron chi connectivity index (χ2n) is 5.91. The maximum Gasteiger partial charge on any atom is 0.338 e. The van der Waals surface area contributed by atoms with Gasteiger partial charge in [0.05, 0.1) is 31.0 Å². The van der Waals surface area contributed by atoms with Crippen LogP contribution in [0, 0.1) is 6.92 Å². The average Bonchev–Trinajstić information content (AvgIpc) is 2.69. The van der Waals surface area contributed by atoms with Crippen molar-refractivity contribution in [2.45, 2.75) is 20.0 Å². The van der Waals surface area contributed by atoms with E-state index in [4.69, 9.17) is 21.1 Å². The van der Waals surface area contributed by atoms with Crippen molar-refractivity contribution in [1.82, 2.24) is 0 Å². The SMILES string of the molecule is COC(=O)c1ccc(C(=O)OC(C)C(=O)Nc2cc(C)c(Cl)cc2OC)cc1. The Kier molecular flexibility index (Phi) is 7.00. The number of hydrogen-bond acceptors (Lipinski definition) is 6. The number of rotatable bonds is 6. The van der Waals surface area contributed by atoms with Crippen LogP contribution in [0.2, 0.25) is 5.02 Å². The van der Waals surface area contributed by atoms with Crippen molar-refractivity contribution < 1.29 is 28.6 Å². The summed E-state index contributed by atoms with van der Waals surface area (Å²) in [4.78, 5) is 36.0. The van der Waals surface area contributed by atoms with Crippen molar-refractivity contribution >= 4 is 35.1 Å². The van der Waals surface area contributed by atoms with Crippen LogP contribution in [0.5, 0.6) is 5.75 Å². The number of hydrogen-bond donors (Lipinski definition) is 1. The molecule has 28 heavy (non-hydrogen) atoms. The Morgan fingerprint density at radius 3 is 2.11 bits per heavy atom. The first-order valence-corrected chi connectivity index (χ1v) is 8.69. The average molecular weight is 406 g/mol. The molecule has 0 fully saturated rings. The Hall–Kier alpha value is -3.06. The van der Waals surface area contributed by atoms with E-state index in [1.165, 1.54) is 45.4 Å². The maximum atomic E-state index is 12.4. The lowest BCUT2D eigenvalue weighted by Crippen LogP contribution is -2.30. The molecule has 0 aliphatic carbocycles. The van der Waals surface area contributed by atoms with Gasteiger partial charge in [-0.05, 0) is 49.7 Å². The normalized spacial score (nSPS) is 11.3. The smallest absolute Gasteiger partial charge is 0.338 e. The topological polar surface area (TPSA) is 90.9 Å². The Morgan fingerprint density at radius 2 is 1.57 bits per heavy atom. The van der Waals surface area contributed by atoms with Crippen molar-refractivity contribution in [1.29, 1.82) is 0 Å². The van der Waals surface area contributed by atoms with Crippen LogP contribution in [-0.2, 0) is 14.3 Å². The number of ether oxygens (including phenoxy) is 3. The number of carbonyl (C=O) groups is 3. The van der Waals surface area contributed by atoms with Crippen molar-refractivity contribution in [2.75, 3.05) is 19.5 Å². The summed E-state index contributed by atoms with van der Waals surface area (Å²) in [5.74, 6) is -1.35. The molecular formula is C20H20ClNO6. The molecule has 0 radical (unpaired) electrons. The number of amides is 1. The summed E-state index contributed by atoms with van der Waals surface area (Å²) in [6.07, 6.45) is -1.06. The zero-order valence-corrected chi connectivity index (χ0v) is 16.6. The van der Waals surface area contributed by atoms with Gasteiger partial charge in [0.15, 0.2) is 6.10 Å². The zero-order chi connectivity index (χ0) is 20.8. The van der Waals surface area contributed by atoms with E-state index in [9.17, 15) is 14.4 Å². The number of esters is 2. The molecule has 0 bridgehead atoms. The highest BCUT2D eigenvalue weighted by molar-refractivity contribution is 6.31. The quantitative estimate of drug-likeness (QED) is 0.738. The fourth-order valence-corrected chi connectivity index (χ4v) is 2.46. The molecule has 2 aromatic rings. The summed E-state index contributed by atoms with van der Waals surface area (Å²) in [5, 5.41) is 3.16. The Balaban J connectivity index is 2.05. The van der Waals surface area contributed by atoms with Crippen LogP contribution < -0.4 is 10.1 Å². The molecule has 0 saturated carbocycles. The van der Waals surface area contributed by atoms with Gasteiger partial charge in [-0.15, -0.1) is 0 Å². The van der Waals surface area contributed by atoms with E-state index in [-0.39, 0.29) is 5.56 Å². The first-order chi connectivity index (χ1) is 13.3. The molecule has 1 amide bonds. The summed E-state index contributed by atoms with van der Waals surface area (Å²) in [7, 11) is 2.72. The molecule has 0 spiro atoms. The highest BCUT2D eigenvalue weighted by atomic mass is 35.5. The van der Waals surface area contributed by atoms with E-state index in [1.807, 2.05) is 0 Å². The fraction of sp³-hybridized carbons (Fsp3) is 0.250. The molecule has 1 N–H and O–H groups in total. The highest BCUT2D eigenvalue weighted by Crippen LogP contribution is 2.31. The number of anilines is 1. The van der Waals surface area contributed by atoms with Crippen LogP contribution in [-0.4, -0.2) is 38.2 Å². The van der Waals surface area contributed by atoms with Crippen LogP contribution >= 0.6 is 11.6 Å². The van der Waals surface area contributed by atoms with Gasteiger partial charge in [-0.3, -0.25) is 4.79 Å². The van der Waals surface area contributed by atoms with Gasteiger partial charge >= 0.3 is 11.9 Å². The Labute approximate surface area is 167 Å². The number of nitrogens with one attached hydrogen (secondary N) is 1. The maximum absolute atomic E-state index is 12.4. The molecule has 148 valence electrons. The van der Waals surface area contributed by atoms with Gasteiger partial charge < -0.3 is 19.5 Å². The molecule has 8 heteroatoms. The van der Waals surface area contributed by atoms with E-state index in [2.05, 4.69) is 10.1 Å². The second kappa shape index (κ2) is 9.23. The van der Waals surface area contributed by atoms with E-state index >= 15 is 0 Å². The first kappa shape index (κ1) is 21.2. The van der Waals surface area contributed by atoms with Gasteiger partial charge in [-0.1, -0.05) is 11.6 Å². The van der Waals surface area contributed by atoms with Crippen molar-refractivity contribution in [3.05, 3.63) is 58.1 Å². The monoisotopic (exact) mass is 405 g/mol. The number of halogens is 1. The molecule has 2 rings (SSSR count). The minimum atomic E-state index is -1.06. The zero-order valence-electron chi connectivity index (χ0n) is 15.9. The summed E-state index contributed by atoms with van der Waals surface area (Å²) < 4.78 is 15.0. The van der Waals surface area contributed by atoms with Gasteiger partial charge in [0.2, 0.25) is 0 Å². The first-order valence-electron chi connectivity index (χ1n) is 8.31. The van der Waals surface area contributed by atoms with Crippen LogP contribution in [0.1, 0.15) is 33.2 Å². The standard InChI is InChI=1S/C20H20ClNO6/c1-11-9-16(17(26-3)10-15(11)21)22-18(23)12(2)28-20(25)14-7-5-13(6-8-14)19(24)27-4/h5-10,12H,1-4H3,(H,22,23). The molecule has 0 aromatic heterocycles. The molecule has 0 aliphatic heterocycles. The number of methoxy groups -OCH3 is 2. The Bertz CT molecular complexity index is 894. The molecule has 7 nitrogen and oxygen atoms in total. The van der Waals surface area contributed by atoms with Gasteiger partial charge in [-0.25, -0.2) is 9.59 Å². The van der Waals surface area contributed by atoms with Crippen molar-refractivity contribution in [2.24, 2.45) is 0 Å². The fourth-order valence-electron chi connectivity index (χ4n) is 2.31. The molecule has 0 aliphatic rings. The number of carbonyl (C=O) groups excluding carboxylic acids is 3. The second-order valence-corrected chi connectivity index (χ2v) is 6.31. The summed E-state index contributed by atoms with van der Waals surface area (Å²) in [6, 6.07) is 8.98. The predicted molar refractivity (Wildman–Crippen MR) is 104 cm³/mol. The van der Waals surface area contributed by atoms with E-state index in [0.29, 0.717) is 22.0 Å². The third-order valence-electron chi connectivity index (χ3n) is 3.93. The molecular weight excluding hydrogens is 386 g/mol. The molecule has 0 heterocycles. The number of benzene rings is 2. The minimum Gasteiger partial charge on any atom is -0.495 e. The summed E-state index contributed by atoms with van der Waals surface area (Å²) in [6.45, 7) is 3.24. The lowest BCUT2D eigenvalue weighted by Gasteiger charge is -2.16. The van der Waals surface area contributed by atoms with Gasteiger partial charge in [0.1, 0.15) is 5.75 Å². The van der Waals surface area contributed by atoms with Crippen LogP contribution in [0.4, 0.5) is 5.69 Å². The van der Waals surface area contributed by atoms with Gasteiger partial charge in [0.25, 0.3) is 5.91 Å². The Morgan fingerprint density at radius 1 is 1.00 bits per heavy atom. The lowest BCUT2D eigenvalue weighted by molar-refractivity contribution is -0.123. The van der Waals surface area contributed by atoms with Crippen molar-refractivity contribution in [3.63, 3.8) is 0 Å². The molecule has 2 aromatic carbocycles. The highest BCUT2D eigenvalue weighted by Gasteiger charge is 2.21. The number of aryl methyl sites for hydroxylation is 1. The predicted octanol–water partition coefficient (Wildman–Crippen LogP) is 3.63. The molecule has 1 atom stereocenters. The van der Waals surface area contributed by atoms with E-state index in [0.717, 1.165) is 5.56 Å². The summed E-state index contributed by atoms with van der Waals surface area (Å²) >= 11 is 6.05. The molecule has 1 unspecified atom stereocenters. The largest absolute Gasteiger partial charge is 0.495 e. The van der Waals surface area contributed by atoms with Crippen LogP contribution in [0.15, 0.2) is 36.4 Å².